The van der Waals surface area contributed by atoms with Crippen molar-refractivity contribution < 1.29 is 17.9 Å². The number of hydrogen-bond donors (Lipinski definition) is 0. The van der Waals surface area contributed by atoms with Crippen LogP contribution in [-0.4, -0.2) is 31.2 Å². The Morgan fingerprint density at radius 2 is 1.51 bits per heavy atom. The zero-order chi connectivity index (χ0) is 29.7. The summed E-state index contributed by atoms with van der Waals surface area (Å²) in [5, 5.41) is 13.2. The summed E-state index contributed by atoms with van der Waals surface area (Å²) >= 11 is 0. The quantitative estimate of drug-likeness (QED) is 0.120. The van der Waals surface area contributed by atoms with Crippen LogP contribution in [0.15, 0.2) is 60.0 Å². The first kappa shape index (κ1) is 31.1. The highest BCUT2D eigenvalue weighted by Crippen LogP contribution is 2.51. The van der Waals surface area contributed by atoms with Gasteiger partial charge < -0.3 is 9.94 Å². The molecule has 2 aliphatic rings. The Kier molecular flexibility index (Phi) is 9.84. The van der Waals surface area contributed by atoms with Crippen molar-refractivity contribution in [2.75, 3.05) is 12.4 Å². The number of allylic oxidation sites excluding steroid dienone is 2. The van der Waals surface area contributed by atoms with E-state index in [-0.39, 0.29) is 16.6 Å². The van der Waals surface area contributed by atoms with Gasteiger partial charge in [-0.3, -0.25) is 0 Å². The fourth-order valence-electron chi connectivity index (χ4n) is 6.56. The number of fused-ring (bicyclic) bond motifs is 3. The van der Waals surface area contributed by atoms with Gasteiger partial charge in [0.05, 0.1) is 39.9 Å². The predicted octanol–water partition coefficient (Wildman–Crippen LogP) is 9.13. The van der Waals surface area contributed by atoms with Gasteiger partial charge in [0.1, 0.15) is 5.75 Å². The van der Waals surface area contributed by atoms with Gasteiger partial charge in [-0.15, -0.1) is 0 Å². The van der Waals surface area contributed by atoms with Crippen molar-refractivity contribution in [2.45, 2.75) is 96.8 Å². The van der Waals surface area contributed by atoms with E-state index in [0.717, 1.165) is 71.4 Å². The molecule has 0 spiro atoms. The maximum absolute atomic E-state index is 13.2. The van der Waals surface area contributed by atoms with Crippen LogP contribution in [0.5, 0.6) is 5.75 Å². The van der Waals surface area contributed by atoms with Crippen LogP contribution in [0, 0.1) is 16.0 Å². The highest BCUT2D eigenvalue weighted by atomic mass is 32.2. The summed E-state index contributed by atoms with van der Waals surface area (Å²) in [5.74, 6) is 0.975. The third kappa shape index (κ3) is 7.71. The summed E-state index contributed by atoms with van der Waals surface area (Å²) in [6, 6.07) is 12.9. The molecule has 0 saturated carbocycles. The Balaban J connectivity index is 1.09. The van der Waals surface area contributed by atoms with Crippen molar-refractivity contribution >= 4 is 32.9 Å². The first-order valence-corrected chi connectivity index (χ1v) is 16.9. The van der Waals surface area contributed by atoms with E-state index >= 15 is 0 Å². The zero-order valence-corrected chi connectivity index (χ0v) is 26.2. The maximum Gasteiger partial charge on any atom is 0.228 e. The van der Waals surface area contributed by atoms with Crippen LogP contribution in [0.2, 0.25) is 0 Å². The van der Waals surface area contributed by atoms with Gasteiger partial charge in [0.2, 0.25) is 11.4 Å². The van der Waals surface area contributed by atoms with Gasteiger partial charge in [0.25, 0.3) is 0 Å². The van der Waals surface area contributed by atoms with Crippen molar-refractivity contribution in [2.24, 2.45) is 10.8 Å². The summed E-state index contributed by atoms with van der Waals surface area (Å²) in [7, 11) is -3.20. The normalized spacial score (nSPS) is 17.1. The molecule has 0 bridgehead atoms. The molecule has 0 atom stereocenters. The summed E-state index contributed by atoms with van der Waals surface area (Å²) < 4.78 is 32.1. The van der Waals surface area contributed by atoms with E-state index in [9.17, 15) is 13.6 Å². The number of unbranched alkanes of at least 4 members (excludes halogenated alkanes) is 8. The van der Waals surface area contributed by atoms with Gasteiger partial charge in [0.15, 0.2) is 9.84 Å². The van der Waals surface area contributed by atoms with Crippen LogP contribution in [0.4, 0.5) is 5.69 Å². The monoisotopic (exact) mass is 577 g/mol. The minimum atomic E-state index is -3.20. The van der Waals surface area contributed by atoms with E-state index in [1.54, 1.807) is 30.3 Å². The Bertz CT molecular complexity index is 1400. The van der Waals surface area contributed by atoms with Gasteiger partial charge in [-0.2, -0.15) is 4.74 Å². The molecule has 1 aliphatic carbocycles. The molecule has 1 heterocycles. The Morgan fingerprint density at radius 3 is 2.15 bits per heavy atom. The van der Waals surface area contributed by atoms with Crippen molar-refractivity contribution in [3.8, 4) is 5.75 Å². The number of rotatable bonds is 15. The van der Waals surface area contributed by atoms with Crippen molar-refractivity contribution in [3.63, 3.8) is 0 Å². The Labute approximate surface area is 247 Å². The van der Waals surface area contributed by atoms with Crippen LogP contribution < -0.4 is 4.74 Å². The molecule has 0 radical (unpaired) electrons. The molecule has 0 fully saturated rings. The molecule has 6 heteroatoms. The van der Waals surface area contributed by atoms with Gasteiger partial charge in [0, 0.05) is 0 Å². The number of nitrogens with zero attached hydrogens (tertiary/aromatic N) is 1. The Hall–Kier alpha value is -2.86. The lowest BCUT2D eigenvalue weighted by Gasteiger charge is -2.36. The molecule has 0 saturated heterocycles. The highest BCUT2D eigenvalue weighted by molar-refractivity contribution is 7.91. The van der Waals surface area contributed by atoms with E-state index in [1.807, 2.05) is 18.2 Å². The molecule has 2 aromatic carbocycles. The van der Waals surface area contributed by atoms with E-state index in [0.29, 0.717) is 23.6 Å². The topological polar surface area (TPSA) is 69.4 Å². The van der Waals surface area contributed by atoms with Gasteiger partial charge in [-0.25, -0.2) is 8.42 Å². The van der Waals surface area contributed by atoms with Gasteiger partial charge in [-0.05, 0) is 68.4 Å². The summed E-state index contributed by atoms with van der Waals surface area (Å²) in [6.45, 7) is 13.2. The third-order valence-corrected chi connectivity index (χ3v) is 10.1. The fourth-order valence-corrected chi connectivity index (χ4v) is 7.93. The molecule has 0 unspecified atom stereocenters. The van der Waals surface area contributed by atoms with Gasteiger partial charge >= 0.3 is 0 Å². The smallest absolute Gasteiger partial charge is 0.228 e. The number of hydrogen-bond acceptors (Lipinski definition) is 4. The van der Waals surface area contributed by atoms with Crippen molar-refractivity contribution in [1.82, 2.24) is 0 Å². The second kappa shape index (κ2) is 13.0. The van der Waals surface area contributed by atoms with E-state index < -0.39 is 9.84 Å². The molecule has 41 heavy (non-hydrogen) atoms. The molecule has 1 aliphatic heterocycles. The first-order chi connectivity index (χ1) is 19.4. The highest BCUT2D eigenvalue weighted by Gasteiger charge is 2.48. The molecule has 222 valence electrons. The minimum Gasteiger partial charge on any atom is -0.618 e. The van der Waals surface area contributed by atoms with Crippen molar-refractivity contribution in [1.29, 1.82) is 0 Å². The van der Waals surface area contributed by atoms with Crippen LogP contribution in [0.3, 0.4) is 0 Å². The predicted molar refractivity (Wildman–Crippen MR) is 171 cm³/mol. The molecule has 4 rings (SSSR count). The molecule has 2 aromatic rings. The second-order valence-electron chi connectivity index (χ2n) is 13.1. The lowest BCUT2D eigenvalue weighted by molar-refractivity contribution is -0.361. The SMILES string of the molecule is C=Cc1ccc(S(=O)(=O)CCCCCCCCCCCOc2ccc3c(c2)[N+]([O-])=C2C3=CC(C)(C)CC2(C)C)cc1. The number of ether oxygens (including phenoxy) is 1. The first-order valence-electron chi connectivity index (χ1n) is 15.2. The lowest BCUT2D eigenvalue weighted by Crippen LogP contribution is -2.36. The molecular formula is C35H47NO4S. The molecule has 5 nitrogen and oxygen atoms in total. The van der Waals surface area contributed by atoms with Crippen LogP contribution >= 0.6 is 0 Å². The molecule has 0 N–H and O–H groups in total. The average Bonchev–Trinajstić information content (AvgIpc) is 3.19. The third-order valence-electron chi connectivity index (χ3n) is 8.31. The minimum absolute atomic E-state index is 0.0580. The number of benzene rings is 2. The fraction of sp³-hybridized carbons (Fsp3) is 0.514. The standard InChI is InChI=1S/C35H47NO4S/c1-6-27-16-19-29(20-17-27)41(38,39)23-15-13-11-9-7-8-10-12-14-22-40-28-18-21-30-31-25-34(2,3)26-35(4,5)33(31)36(37)32(30)24-28/h6,16-21,24-25H,1,7-15,22-23,26H2,2-5H3. The molecule has 0 aromatic heterocycles. The summed E-state index contributed by atoms with van der Waals surface area (Å²) in [4.78, 5) is 0.401. The van der Waals surface area contributed by atoms with Crippen molar-refractivity contribution in [3.05, 3.63) is 71.5 Å². The lowest BCUT2D eigenvalue weighted by atomic mass is 9.65. The average molecular weight is 578 g/mol. The second-order valence-corrected chi connectivity index (χ2v) is 15.2. The van der Waals surface area contributed by atoms with Crippen LogP contribution in [0.25, 0.3) is 11.6 Å². The largest absolute Gasteiger partial charge is 0.618 e. The van der Waals surface area contributed by atoms with E-state index in [4.69, 9.17) is 4.74 Å². The molecule has 0 amide bonds. The van der Waals surface area contributed by atoms with E-state index in [1.165, 1.54) is 19.3 Å². The van der Waals surface area contributed by atoms with Crippen LogP contribution in [-0.2, 0) is 9.84 Å². The van der Waals surface area contributed by atoms with E-state index in [2.05, 4.69) is 40.3 Å². The maximum atomic E-state index is 13.2. The van der Waals surface area contributed by atoms with Gasteiger partial charge in [-0.1, -0.05) is 89.7 Å². The summed E-state index contributed by atoms with van der Waals surface area (Å²) in [6.07, 6.45) is 14.5. The number of sulfone groups is 1. The summed E-state index contributed by atoms with van der Waals surface area (Å²) in [5.41, 5.74) is 4.50. The van der Waals surface area contributed by atoms with Crippen LogP contribution in [0.1, 0.15) is 103 Å². The zero-order valence-electron chi connectivity index (χ0n) is 25.4. The Morgan fingerprint density at radius 1 is 0.902 bits per heavy atom. The molecular weight excluding hydrogens is 530 g/mol.